The molecule has 0 atom stereocenters. The number of hydrogen-bond acceptors (Lipinski definition) is 0. The van der Waals surface area contributed by atoms with Gasteiger partial charge in [-0.3, -0.25) is 0 Å². The van der Waals surface area contributed by atoms with Gasteiger partial charge >= 0.3 is 43.7 Å². The van der Waals surface area contributed by atoms with Gasteiger partial charge in [0.1, 0.15) is 0 Å². The second kappa shape index (κ2) is 971. The van der Waals surface area contributed by atoms with E-state index in [9.17, 15) is 0 Å². The van der Waals surface area contributed by atoms with E-state index < -0.39 is 0 Å². The average Bonchev–Trinajstić information content (AvgIpc) is 1.00. The monoisotopic (exact) mass is 355 g/mol. The van der Waals surface area contributed by atoms with Crippen molar-refractivity contribution in [2.75, 3.05) is 0 Å². The Labute approximate surface area is 97.7 Å². The molecule has 0 aliphatic rings. The van der Waals surface area contributed by atoms with Crippen molar-refractivity contribution in [1.29, 1.82) is 0 Å². The summed E-state index contributed by atoms with van der Waals surface area (Å²) < 4.78 is 0. The van der Waals surface area contributed by atoms with Crippen LogP contribution in [0.4, 0.5) is 0 Å². The van der Waals surface area contributed by atoms with Gasteiger partial charge in [-0.15, -0.1) is 0 Å². The molecule has 91 valence electrons. The Kier molecular flexibility index (Phi) is 31400. The molecule has 0 spiro atoms. The van der Waals surface area contributed by atoms with Gasteiger partial charge in [0, 0.05) is 0 Å². The quantitative estimate of drug-likeness (QED) is 0.390. The minimum atomic E-state index is 0. The molecular formula is H20CeClO10. The average molecular weight is 356 g/mol. The molecule has 0 saturated heterocycles. The zero-order valence-corrected chi connectivity index (χ0v) is 9.77. The summed E-state index contributed by atoms with van der Waals surface area (Å²) in [5, 5.41) is 0. The van der Waals surface area contributed by atoms with Gasteiger partial charge in [-0.05, 0) is 0 Å². The van der Waals surface area contributed by atoms with Crippen molar-refractivity contribution in [3.8, 4) is 0 Å². The van der Waals surface area contributed by atoms with Crippen LogP contribution in [0.3, 0.4) is 0 Å². The first-order valence-electron chi connectivity index (χ1n) is 0.189. The van der Waals surface area contributed by atoms with Gasteiger partial charge in [0.15, 0.2) is 0 Å². The van der Waals surface area contributed by atoms with Crippen molar-refractivity contribution in [3.05, 3.63) is 0 Å². The maximum absolute atomic E-state index is 4.78. The molecule has 20 N–H and O–H groups in total. The normalized spacial score (nSPS) is 0.333. The minimum absolute atomic E-state index is 0. The predicted molar refractivity (Wildman–Crippen MR) is 42.0 cm³/mol. The molecule has 10 nitrogen and oxygen atoms in total. The van der Waals surface area contributed by atoms with Gasteiger partial charge in [-0.25, -0.2) is 0 Å². The Morgan fingerprint density at radius 1 is 0.333 bits per heavy atom. The molecule has 0 aromatic rings. The SMILES string of the molecule is O.O.O.O.O.O.O.O.O.O.[Cl][Ce]. The van der Waals surface area contributed by atoms with E-state index in [-0.39, 0.29) is 54.8 Å². The van der Waals surface area contributed by atoms with Gasteiger partial charge in [0.2, 0.25) is 0 Å². The Balaban J connectivity index is -0.000000000111. The van der Waals surface area contributed by atoms with Gasteiger partial charge < -0.3 is 54.8 Å². The van der Waals surface area contributed by atoms with E-state index in [2.05, 4.69) is 0 Å². The van der Waals surface area contributed by atoms with Crippen LogP contribution >= 0.6 is 5.63 Å². The standard InChI is InChI=1S/Ce.ClH.10H2O/h;1H;10*1H2/q+1;;;;;;;;;;;/p-1. The molecular weight excluding hydrogens is 336 g/mol. The summed E-state index contributed by atoms with van der Waals surface area (Å²) in [5.74, 6) is 0. The fourth-order valence-corrected chi connectivity index (χ4v) is 0. The van der Waals surface area contributed by atoms with Crippen molar-refractivity contribution in [1.82, 2.24) is 0 Å². The van der Waals surface area contributed by atoms with E-state index in [1.807, 2.05) is 0 Å². The summed E-state index contributed by atoms with van der Waals surface area (Å²) in [5.41, 5.74) is 4.78. The molecule has 0 aliphatic carbocycles. The molecule has 0 aromatic carbocycles. The first-order valence-corrected chi connectivity index (χ1v) is 4.13. The van der Waals surface area contributed by atoms with Gasteiger partial charge in [0.25, 0.3) is 0 Å². The fraction of sp³-hybridized carbons (Fsp3) is 0. The molecule has 0 aliphatic heterocycles. The molecule has 0 aromatic heterocycles. The van der Waals surface area contributed by atoms with Crippen molar-refractivity contribution in [2.45, 2.75) is 0 Å². The van der Waals surface area contributed by atoms with Gasteiger partial charge in [0.05, 0.1) is 0 Å². The molecule has 0 fully saturated rings. The van der Waals surface area contributed by atoms with Gasteiger partial charge in [-0.1, -0.05) is 0 Å². The summed E-state index contributed by atoms with van der Waals surface area (Å²) >= 11 is 0.778. The van der Waals surface area contributed by atoms with Crippen LogP contribution in [0.15, 0.2) is 0 Å². The molecule has 0 heterocycles. The van der Waals surface area contributed by atoms with E-state index in [1.165, 1.54) is 0 Å². The molecule has 0 radical (unpaired) electrons. The number of halogens is 1. The molecule has 0 bridgehead atoms. The van der Waals surface area contributed by atoms with Crippen molar-refractivity contribution in [3.63, 3.8) is 0 Å². The molecule has 12 heavy (non-hydrogen) atoms. The van der Waals surface area contributed by atoms with Crippen LogP contribution in [0, 0.1) is 38.1 Å². The Bertz CT molecular complexity index is 9.80. The van der Waals surface area contributed by atoms with E-state index in [4.69, 9.17) is 5.63 Å². The van der Waals surface area contributed by atoms with Crippen LogP contribution in [-0.4, -0.2) is 54.8 Å². The van der Waals surface area contributed by atoms with Crippen LogP contribution in [0.25, 0.3) is 0 Å². The van der Waals surface area contributed by atoms with E-state index in [0.717, 1.165) is 38.1 Å². The zero-order chi connectivity index (χ0) is 2.00. The summed E-state index contributed by atoms with van der Waals surface area (Å²) in [6.07, 6.45) is 0. The van der Waals surface area contributed by atoms with E-state index in [0.29, 0.717) is 0 Å². The topological polar surface area (TPSA) is 315 Å². The summed E-state index contributed by atoms with van der Waals surface area (Å²) in [6.45, 7) is 0. The molecule has 0 amide bonds. The Hall–Kier alpha value is 1.27. The predicted octanol–water partition coefficient (Wildman–Crippen LogP) is -7.56. The third kappa shape index (κ3) is 740. The summed E-state index contributed by atoms with van der Waals surface area (Å²) in [7, 11) is 0. The number of hydrogen-bond donors (Lipinski definition) is 0. The first-order chi connectivity index (χ1) is 1.00. The zero-order valence-electron chi connectivity index (χ0n) is 5.88. The molecule has 12 heteroatoms. The fourth-order valence-electron chi connectivity index (χ4n) is 0. The van der Waals surface area contributed by atoms with Crippen LogP contribution in [0.1, 0.15) is 0 Å². The third-order valence-electron chi connectivity index (χ3n) is 0. The van der Waals surface area contributed by atoms with Gasteiger partial charge in [-0.2, -0.15) is 0 Å². The van der Waals surface area contributed by atoms with Crippen molar-refractivity contribution < 1.29 is 92.8 Å². The van der Waals surface area contributed by atoms with Crippen molar-refractivity contribution >= 4 is 5.63 Å². The summed E-state index contributed by atoms with van der Waals surface area (Å²) in [4.78, 5) is 0. The number of rotatable bonds is 0. The van der Waals surface area contributed by atoms with E-state index in [1.54, 1.807) is 0 Å². The Morgan fingerprint density at radius 3 is 0.333 bits per heavy atom. The molecule has 0 rings (SSSR count). The van der Waals surface area contributed by atoms with Crippen LogP contribution in [0.5, 0.6) is 0 Å². The second-order valence-corrected chi connectivity index (χ2v) is 0. The van der Waals surface area contributed by atoms with Crippen LogP contribution in [0.2, 0.25) is 0 Å². The third-order valence-corrected chi connectivity index (χ3v) is 0. The molecule has 0 saturated carbocycles. The first kappa shape index (κ1) is 389. The Morgan fingerprint density at radius 2 is 0.333 bits per heavy atom. The summed E-state index contributed by atoms with van der Waals surface area (Å²) in [6, 6.07) is 0. The van der Waals surface area contributed by atoms with Crippen LogP contribution in [-0.2, 0) is 0 Å². The van der Waals surface area contributed by atoms with Crippen LogP contribution < -0.4 is 0 Å². The maximum atomic E-state index is 4.78. The second-order valence-electron chi connectivity index (χ2n) is 0. The van der Waals surface area contributed by atoms with E-state index >= 15 is 0 Å². The van der Waals surface area contributed by atoms with Crippen molar-refractivity contribution in [2.24, 2.45) is 0 Å². The molecule has 0 unspecified atom stereocenters.